The minimum absolute atomic E-state index is 0.103. The number of hydrogen-bond donors (Lipinski definition) is 3. The number of aliphatic hydroxyl groups is 1. The van der Waals surface area contributed by atoms with Gasteiger partial charge in [-0.1, -0.05) is 11.6 Å². The lowest BCUT2D eigenvalue weighted by Gasteiger charge is -2.12. The molecule has 0 saturated carbocycles. The first kappa shape index (κ1) is 17.0. The minimum Gasteiger partial charge on any atom is -0.383 e. The number of benzene rings is 1. The Hall–Kier alpha value is -2.84. The van der Waals surface area contributed by atoms with E-state index in [0.717, 1.165) is 12.1 Å². The van der Waals surface area contributed by atoms with Gasteiger partial charge in [-0.15, -0.1) is 0 Å². The standard InChI is InChI=1S/C16H11ClF2N4O2/c17-10-1-2-11(18)14(19)13(10)15(24)8-3-12(22-4-8)16(25)23-9-5-20-7-21-6-9/h1-7,15,22,24H,(H,23,25). The van der Waals surface area contributed by atoms with Gasteiger partial charge in [0.1, 0.15) is 18.1 Å². The highest BCUT2D eigenvalue weighted by molar-refractivity contribution is 6.31. The third kappa shape index (κ3) is 3.49. The lowest BCUT2D eigenvalue weighted by atomic mass is 10.0. The molecule has 0 radical (unpaired) electrons. The Morgan fingerprint density at radius 3 is 2.72 bits per heavy atom. The van der Waals surface area contributed by atoms with Gasteiger partial charge in [-0.2, -0.15) is 0 Å². The van der Waals surface area contributed by atoms with Crippen LogP contribution in [0.3, 0.4) is 0 Å². The van der Waals surface area contributed by atoms with Crippen molar-refractivity contribution < 1.29 is 18.7 Å². The maximum Gasteiger partial charge on any atom is 0.272 e. The van der Waals surface area contributed by atoms with Crippen LogP contribution >= 0.6 is 11.6 Å². The van der Waals surface area contributed by atoms with E-state index in [4.69, 9.17) is 11.6 Å². The molecule has 0 saturated heterocycles. The second-order valence-corrected chi connectivity index (χ2v) is 5.49. The number of aromatic nitrogens is 3. The van der Waals surface area contributed by atoms with Gasteiger partial charge in [0.25, 0.3) is 5.91 Å². The molecule has 3 aromatic rings. The molecule has 2 aromatic heterocycles. The van der Waals surface area contributed by atoms with E-state index in [1.807, 2.05) is 0 Å². The molecule has 3 N–H and O–H groups in total. The molecule has 0 fully saturated rings. The number of halogens is 3. The number of rotatable bonds is 4. The Labute approximate surface area is 145 Å². The van der Waals surface area contributed by atoms with Crippen LogP contribution in [0.2, 0.25) is 5.02 Å². The molecule has 1 amide bonds. The molecule has 1 unspecified atom stereocenters. The molecular formula is C16H11ClF2N4O2. The summed E-state index contributed by atoms with van der Waals surface area (Å²) in [5.41, 5.74) is 0.235. The van der Waals surface area contributed by atoms with Crippen molar-refractivity contribution in [2.45, 2.75) is 6.10 Å². The van der Waals surface area contributed by atoms with E-state index in [-0.39, 0.29) is 16.3 Å². The van der Waals surface area contributed by atoms with E-state index in [1.165, 1.54) is 31.0 Å². The quantitative estimate of drug-likeness (QED) is 0.620. The fourth-order valence-corrected chi connectivity index (χ4v) is 2.47. The molecule has 25 heavy (non-hydrogen) atoms. The Kier molecular flexibility index (Phi) is 4.73. The van der Waals surface area contributed by atoms with Gasteiger partial charge in [-0.3, -0.25) is 4.79 Å². The summed E-state index contributed by atoms with van der Waals surface area (Å²) >= 11 is 5.85. The highest BCUT2D eigenvalue weighted by Gasteiger charge is 2.23. The van der Waals surface area contributed by atoms with Gasteiger partial charge in [0, 0.05) is 22.3 Å². The van der Waals surface area contributed by atoms with Crippen molar-refractivity contribution in [3.8, 4) is 0 Å². The molecule has 128 valence electrons. The van der Waals surface area contributed by atoms with E-state index < -0.39 is 29.2 Å². The van der Waals surface area contributed by atoms with E-state index in [9.17, 15) is 18.7 Å². The third-order valence-electron chi connectivity index (χ3n) is 3.44. The van der Waals surface area contributed by atoms with Crippen LogP contribution in [0.25, 0.3) is 0 Å². The highest BCUT2D eigenvalue weighted by Crippen LogP contribution is 2.32. The van der Waals surface area contributed by atoms with Crippen molar-refractivity contribution in [3.63, 3.8) is 0 Å². The highest BCUT2D eigenvalue weighted by atomic mass is 35.5. The lowest BCUT2D eigenvalue weighted by molar-refractivity contribution is 0.102. The van der Waals surface area contributed by atoms with Gasteiger partial charge in [-0.05, 0) is 18.2 Å². The Morgan fingerprint density at radius 2 is 2.00 bits per heavy atom. The second kappa shape index (κ2) is 6.96. The van der Waals surface area contributed by atoms with Crippen molar-refractivity contribution in [3.05, 3.63) is 76.6 Å². The van der Waals surface area contributed by atoms with Crippen molar-refractivity contribution >= 4 is 23.2 Å². The van der Waals surface area contributed by atoms with E-state index in [1.54, 1.807) is 0 Å². The number of nitrogens with zero attached hydrogens (tertiary/aromatic N) is 2. The van der Waals surface area contributed by atoms with Crippen LogP contribution in [0.15, 0.2) is 43.1 Å². The molecule has 0 spiro atoms. The van der Waals surface area contributed by atoms with Crippen LogP contribution < -0.4 is 5.32 Å². The van der Waals surface area contributed by atoms with Crippen molar-refractivity contribution in [1.82, 2.24) is 15.0 Å². The molecule has 1 atom stereocenters. The Balaban J connectivity index is 1.84. The van der Waals surface area contributed by atoms with Crippen LogP contribution in [0.1, 0.15) is 27.7 Å². The van der Waals surface area contributed by atoms with E-state index in [2.05, 4.69) is 20.3 Å². The zero-order chi connectivity index (χ0) is 18.0. The number of aliphatic hydroxyl groups excluding tert-OH is 1. The molecule has 0 bridgehead atoms. The molecule has 0 aliphatic rings. The van der Waals surface area contributed by atoms with Gasteiger partial charge in [0.05, 0.1) is 18.1 Å². The summed E-state index contributed by atoms with van der Waals surface area (Å²) in [5.74, 6) is -2.89. The summed E-state index contributed by atoms with van der Waals surface area (Å²) in [4.78, 5) is 22.3. The van der Waals surface area contributed by atoms with Crippen LogP contribution in [0.5, 0.6) is 0 Å². The average Bonchev–Trinajstić information content (AvgIpc) is 3.09. The van der Waals surface area contributed by atoms with Crippen LogP contribution in [-0.2, 0) is 0 Å². The number of carbonyl (C=O) groups is 1. The fraction of sp³-hybridized carbons (Fsp3) is 0.0625. The number of nitrogens with one attached hydrogen (secondary N) is 2. The first-order valence-electron chi connectivity index (χ1n) is 7.03. The maximum absolute atomic E-state index is 13.9. The topological polar surface area (TPSA) is 90.9 Å². The fourth-order valence-electron chi connectivity index (χ4n) is 2.22. The van der Waals surface area contributed by atoms with Gasteiger partial charge >= 0.3 is 0 Å². The van der Waals surface area contributed by atoms with Crippen molar-refractivity contribution in [1.29, 1.82) is 0 Å². The number of anilines is 1. The smallest absolute Gasteiger partial charge is 0.272 e. The predicted octanol–water partition coefficient (Wildman–Crippen LogP) is 3.07. The monoisotopic (exact) mass is 364 g/mol. The summed E-state index contributed by atoms with van der Waals surface area (Å²) in [5, 5.41) is 12.7. The van der Waals surface area contributed by atoms with Crippen LogP contribution in [0, 0.1) is 11.6 Å². The molecule has 2 heterocycles. The van der Waals surface area contributed by atoms with E-state index in [0.29, 0.717) is 5.69 Å². The molecule has 3 rings (SSSR count). The van der Waals surface area contributed by atoms with Crippen LogP contribution in [-0.4, -0.2) is 26.0 Å². The summed E-state index contributed by atoms with van der Waals surface area (Å²) in [6.45, 7) is 0. The summed E-state index contributed by atoms with van der Waals surface area (Å²) in [7, 11) is 0. The van der Waals surface area contributed by atoms with Gasteiger partial charge < -0.3 is 15.4 Å². The minimum atomic E-state index is -1.54. The average molecular weight is 365 g/mol. The van der Waals surface area contributed by atoms with Crippen molar-refractivity contribution in [2.24, 2.45) is 0 Å². The first-order chi connectivity index (χ1) is 12.0. The largest absolute Gasteiger partial charge is 0.383 e. The molecular weight excluding hydrogens is 354 g/mol. The maximum atomic E-state index is 13.9. The zero-order valence-corrected chi connectivity index (χ0v) is 13.3. The number of aromatic amines is 1. The van der Waals surface area contributed by atoms with Gasteiger partial charge in [0.15, 0.2) is 11.6 Å². The van der Waals surface area contributed by atoms with Crippen LogP contribution in [0.4, 0.5) is 14.5 Å². The molecule has 0 aliphatic carbocycles. The number of hydrogen-bond acceptors (Lipinski definition) is 4. The molecule has 0 aliphatic heterocycles. The molecule has 1 aromatic carbocycles. The number of carbonyl (C=O) groups excluding carboxylic acids is 1. The van der Waals surface area contributed by atoms with Crippen molar-refractivity contribution in [2.75, 3.05) is 5.32 Å². The predicted molar refractivity (Wildman–Crippen MR) is 86.2 cm³/mol. The van der Waals surface area contributed by atoms with Gasteiger partial charge in [0.2, 0.25) is 0 Å². The van der Waals surface area contributed by atoms with Gasteiger partial charge in [-0.25, -0.2) is 18.7 Å². The summed E-state index contributed by atoms with van der Waals surface area (Å²) < 4.78 is 27.3. The molecule has 9 heteroatoms. The zero-order valence-electron chi connectivity index (χ0n) is 12.5. The Morgan fingerprint density at radius 1 is 1.28 bits per heavy atom. The third-order valence-corrected chi connectivity index (χ3v) is 3.77. The number of amides is 1. The lowest BCUT2D eigenvalue weighted by Crippen LogP contribution is -2.12. The molecule has 6 nitrogen and oxygen atoms in total. The first-order valence-corrected chi connectivity index (χ1v) is 7.41. The number of H-pyrrole nitrogens is 1. The second-order valence-electron chi connectivity index (χ2n) is 5.09. The summed E-state index contributed by atoms with van der Waals surface area (Å²) in [6.07, 6.45) is 3.90. The Bertz CT molecular complexity index is 918. The summed E-state index contributed by atoms with van der Waals surface area (Å²) in [6, 6.07) is 3.32. The normalized spacial score (nSPS) is 12.0. The van der Waals surface area contributed by atoms with E-state index >= 15 is 0 Å². The SMILES string of the molecule is O=C(Nc1cncnc1)c1cc(C(O)c2c(Cl)ccc(F)c2F)c[nH]1.